The Bertz CT molecular complexity index is 605. The fourth-order valence-electron chi connectivity index (χ4n) is 3.76. The van der Waals surface area contributed by atoms with Gasteiger partial charge in [-0.1, -0.05) is 0 Å². The molecule has 2 aliphatic heterocycles. The van der Waals surface area contributed by atoms with E-state index in [2.05, 4.69) is 4.90 Å². The summed E-state index contributed by atoms with van der Waals surface area (Å²) in [7, 11) is 0. The van der Waals surface area contributed by atoms with Crippen LogP contribution in [-0.4, -0.2) is 44.7 Å². The minimum Gasteiger partial charge on any atom is -0.504 e. The Morgan fingerprint density at radius 3 is 2.64 bits per heavy atom. The molecule has 2 aliphatic rings. The molecule has 0 aromatic heterocycles. The van der Waals surface area contributed by atoms with Crippen LogP contribution in [0, 0.1) is 5.92 Å². The quantitative estimate of drug-likeness (QED) is 0.725. The smallest absolute Gasteiger partial charge is 0.157 e. The molecule has 22 heavy (non-hydrogen) atoms. The van der Waals surface area contributed by atoms with Gasteiger partial charge < -0.3 is 15.3 Å². The SMILES string of the molecule is CC(C)(O)C[C@@H]1CN2CCc3cc(O)c(O)cc3[C@H]2CC1=O. The summed E-state index contributed by atoms with van der Waals surface area (Å²) in [5, 5.41) is 29.4. The maximum Gasteiger partial charge on any atom is 0.157 e. The Morgan fingerprint density at radius 2 is 1.95 bits per heavy atom. The van der Waals surface area contributed by atoms with Gasteiger partial charge in [0.25, 0.3) is 0 Å². The van der Waals surface area contributed by atoms with Crippen molar-refractivity contribution in [1.29, 1.82) is 0 Å². The largest absolute Gasteiger partial charge is 0.504 e. The molecule has 3 rings (SSSR count). The molecule has 0 spiro atoms. The van der Waals surface area contributed by atoms with E-state index in [1.807, 2.05) is 0 Å². The lowest BCUT2D eigenvalue weighted by Gasteiger charge is -2.43. The highest BCUT2D eigenvalue weighted by atomic mass is 16.3. The number of hydrogen-bond donors (Lipinski definition) is 3. The van der Waals surface area contributed by atoms with E-state index in [4.69, 9.17) is 0 Å². The molecule has 0 saturated carbocycles. The number of Topliss-reactive ketones (excluding diaryl/α,β-unsaturated/α-hetero) is 1. The molecule has 0 unspecified atom stereocenters. The highest BCUT2D eigenvalue weighted by Gasteiger charge is 2.39. The molecule has 1 aromatic rings. The molecule has 3 N–H and O–H groups in total. The van der Waals surface area contributed by atoms with Gasteiger partial charge in [0, 0.05) is 31.5 Å². The van der Waals surface area contributed by atoms with Crippen LogP contribution < -0.4 is 0 Å². The molecule has 0 bridgehead atoms. The second kappa shape index (κ2) is 5.25. The normalized spacial score (nSPS) is 25.7. The van der Waals surface area contributed by atoms with Crippen LogP contribution in [0.2, 0.25) is 0 Å². The molecule has 1 fully saturated rings. The van der Waals surface area contributed by atoms with E-state index in [1.54, 1.807) is 26.0 Å². The van der Waals surface area contributed by atoms with Gasteiger partial charge in [0.15, 0.2) is 11.5 Å². The molecule has 5 nitrogen and oxygen atoms in total. The number of aromatic hydroxyl groups is 2. The maximum atomic E-state index is 12.4. The lowest BCUT2D eigenvalue weighted by molar-refractivity contribution is -0.131. The van der Waals surface area contributed by atoms with Gasteiger partial charge >= 0.3 is 0 Å². The summed E-state index contributed by atoms with van der Waals surface area (Å²) in [4.78, 5) is 14.7. The van der Waals surface area contributed by atoms with Gasteiger partial charge in [0.1, 0.15) is 5.78 Å². The molecule has 1 saturated heterocycles. The molecule has 2 heterocycles. The van der Waals surface area contributed by atoms with Crippen LogP contribution in [0.5, 0.6) is 11.5 Å². The fourth-order valence-corrected chi connectivity index (χ4v) is 3.76. The predicted octanol–water partition coefficient (Wildman–Crippen LogP) is 1.75. The van der Waals surface area contributed by atoms with Crippen molar-refractivity contribution in [2.24, 2.45) is 5.92 Å². The van der Waals surface area contributed by atoms with E-state index in [9.17, 15) is 20.1 Å². The van der Waals surface area contributed by atoms with Gasteiger partial charge in [-0.3, -0.25) is 9.69 Å². The van der Waals surface area contributed by atoms with Crippen molar-refractivity contribution in [3.05, 3.63) is 23.3 Å². The third-order valence-electron chi connectivity index (χ3n) is 4.76. The number of rotatable bonds is 2. The second-order valence-electron chi connectivity index (χ2n) is 7.18. The number of piperidine rings is 1. The summed E-state index contributed by atoms with van der Waals surface area (Å²) in [6.45, 7) is 4.95. The Balaban J connectivity index is 1.85. The fraction of sp³-hybridized carbons (Fsp3) is 0.588. The zero-order chi connectivity index (χ0) is 16.1. The number of benzene rings is 1. The first-order valence-corrected chi connectivity index (χ1v) is 7.78. The molecule has 5 heteroatoms. The third-order valence-corrected chi connectivity index (χ3v) is 4.76. The van der Waals surface area contributed by atoms with Crippen LogP contribution in [0.3, 0.4) is 0 Å². The van der Waals surface area contributed by atoms with E-state index >= 15 is 0 Å². The van der Waals surface area contributed by atoms with Crippen LogP contribution in [0.1, 0.15) is 43.9 Å². The molecule has 2 atom stereocenters. The van der Waals surface area contributed by atoms with Gasteiger partial charge in [0.2, 0.25) is 0 Å². The molecule has 1 aromatic carbocycles. The number of aliphatic hydroxyl groups is 1. The van der Waals surface area contributed by atoms with E-state index in [1.165, 1.54) is 0 Å². The minimum atomic E-state index is -0.842. The van der Waals surface area contributed by atoms with E-state index < -0.39 is 5.60 Å². The topological polar surface area (TPSA) is 81.0 Å². The number of carbonyl (C=O) groups excluding carboxylic acids is 1. The highest BCUT2D eigenvalue weighted by molar-refractivity contribution is 5.83. The summed E-state index contributed by atoms with van der Waals surface area (Å²) in [6.07, 6.45) is 1.67. The molecule has 0 amide bonds. The molecular weight excluding hydrogens is 282 g/mol. The van der Waals surface area contributed by atoms with Gasteiger partial charge in [0.05, 0.1) is 5.60 Å². The first-order valence-electron chi connectivity index (χ1n) is 7.78. The van der Waals surface area contributed by atoms with Crippen LogP contribution in [-0.2, 0) is 11.2 Å². The lowest BCUT2D eigenvalue weighted by Crippen LogP contribution is -2.47. The van der Waals surface area contributed by atoms with Gasteiger partial charge in [-0.2, -0.15) is 0 Å². The number of carbonyl (C=O) groups is 1. The van der Waals surface area contributed by atoms with Crippen LogP contribution in [0.4, 0.5) is 0 Å². The molecule has 120 valence electrons. The summed E-state index contributed by atoms with van der Waals surface area (Å²) in [5.41, 5.74) is 1.10. The number of phenolic OH excluding ortho intramolecular Hbond substituents is 2. The van der Waals surface area contributed by atoms with Crippen molar-refractivity contribution in [3.63, 3.8) is 0 Å². The van der Waals surface area contributed by atoms with Crippen LogP contribution in [0.15, 0.2) is 12.1 Å². The number of ketones is 1. The summed E-state index contributed by atoms with van der Waals surface area (Å²) in [6, 6.07) is 3.17. The van der Waals surface area contributed by atoms with Crippen molar-refractivity contribution >= 4 is 5.78 Å². The monoisotopic (exact) mass is 305 g/mol. The summed E-state index contributed by atoms with van der Waals surface area (Å²) < 4.78 is 0. The Labute approximate surface area is 130 Å². The number of phenols is 2. The summed E-state index contributed by atoms with van der Waals surface area (Å²) >= 11 is 0. The maximum absolute atomic E-state index is 12.4. The molecule has 0 aliphatic carbocycles. The first-order chi connectivity index (χ1) is 10.2. The Hall–Kier alpha value is -1.59. The van der Waals surface area contributed by atoms with Gasteiger partial charge in [-0.05, 0) is 49.9 Å². The molecular formula is C17H23NO4. The van der Waals surface area contributed by atoms with Crippen molar-refractivity contribution in [3.8, 4) is 11.5 Å². The van der Waals surface area contributed by atoms with Crippen molar-refractivity contribution in [1.82, 2.24) is 4.90 Å². The minimum absolute atomic E-state index is 0.0270. The first kappa shape index (κ1) is 15.3. The predicted molar refractivity (Wildman–Crippen MR) is 81.8 cm³/mol. The number of hydrogen-bond acceptors (Lipinski definition) is 5. The Kier molecular flexibility index (Phi) is 3.65. The third kappa shape index (κ3) is 2.83. The van der Waals surface area contributed by atoms with Crippen molar-refractivity contribution in [2.75, 3.05) is 13.1 Å². The van der Waals surface area contributed by atoms with Gasteiger partial charge in [-0.15, -0.1) is 0 Å². The number of fused-ring (bicyclic) bond motifs is 3. The average molecular weight is 305 g/mol. The van der Waals surface area contributed by atoms with E-state index in [0.29, 0.717) is 19.4 Å². The van der Waals surface area contributed by atoms with E-state index in [0.717, 1.165) is 24.1 Å². The number of nitrogens with zero attached hydrogens (tertiary/aromatic N) is 1. The zero-order valence-corrected chi connectivity index (χ0v) is 13.0. The second-order valence-corrected chi connectivity index (χ2v) is 7.18. The average Bonchev–Trinajstić information content (AvgIpc) is 2.40. The summed E-state index contributed by atoms with van der Waals surface area (Å²) in [5.74, 6) is -0.201. The Morgan fingerprint density at radius 1 is 1.27 bits per heavy atom. The van der Waals surface area contributed by atoms with Gasteiger partial charge in [-0.25, -0.2) is 0 Å². The highest BCUT2D eigenvalue weighted by Crippen LogP contribution is 2.42. The van der Waals surface area contributed by atoms with E-state index in [-0.39, 0.29) is 29.2 Å². The lowest BCUT2D eigenvalue weighted by atomic mass is 9.79. The van der Waals surface area contributed by atoms with Crippen LogP contribution >= 0.6 is 0 Å². The van der Waals surface area contributed by atoms with Crippen LogP contribution in [0.25, 0.3) is 0 Å². The van der Waals surface area contributed by atoms with Crippen molar-refractivity contribution in [2.45, 2.75) is 44.8 Å². The standard InChI is InChI=1S/C17H23NO4/c1-17(2,22)8-11-9-18-4-3-10-5-15(20)16(21)6-12(10)13(18)7-14(11)19/h5-6,11,13,20-22H,3-4,7-9H2,1-2H3/t11-,13-/m1/s1. The zero-order valence-electron chi connectivity index (χ0n) is 13.0. The molecule has 0 radical (unpaired) electrons. The van der Waals surface area contributed by atoms with Crippen molar-refractivity contribution < 1.29 is 20.1 Å².